The molecule has 13 nitrogen and oxygen atoms in total. The van der Waals surface area contributed by atoms with E-state index in [1.54, 1.807) is 30.1 Å². The third-order valence-electron chi connectivity index (χ3n) is 8.21. The second-order valence-corrected chi connectivity index (χ2v) is 13.0. The summed E-state index contributed by atoms with van der Waals surface area (Å²) in [6, 6.07) is 15.3. The van der Waals surface area contributed by atoms with Crippen LogP contribution in [0.2, 0.25) is 0 Å². The molecule has 2 aliphatic rings. The van der Waals surface area contributed by atoms with Crippen molar-refractivity contribution in [2.45, 2.75) is 31.7 Å². The zero-order chi connectivity index (χ0) is 35.5. The number of piperazine rings is 1. The maximum absolute atomic E-state index is 14.5. The van der Waals surface area contributed by atoms with Crippen LogP contribution in [0.1, 0.15) is 16.7 Å². The van der Waals surface area contributed by atoms with Crippen LogP contribution in [0.5, 0.6) is 5.75 Å². The van der Waals surface area contributed by atoms with Gasteiger partial charge in [0.2, 0.25) is 11.8 Å². The van der Waals surface area contributed by atoms with E-state index in [1.165, 1.54) is 39.1 Å². The minimum atomic E-state index is -4.81. The second-order valence-electron chi connectivity index (χ2n) is 11.9. The number of benzene rings is 3. The van der Waals surface area contributed by atoms with Gasteiger partial charge in [0, 0.05) is 51.9 Å². The fourth-order valence-corrected chi connectivity index (χ4v) is 6.47. The molecule has 0 spiro atoms. The first kappa shape index (κ1) is 35.5. The van der Waals surface area contributed by atoms with Gasteiger partial charge >= 0.3 is 13.9 Å². The van der Waals surface area contributed by atoms with E-state index in [9.17, 15) is 27.7 Å². The molecule has 0 radical (unpaired) electrons. The minimum absolute atomic E-state index is 0.0347. The number of rotatable bonds is 11. The molecule has 3 aromatic rings. The molecule has 2 saturated heterocycles. The zero-order valence-corrected chi connectivity index (χ0v) is 27.8. The number of hydrogen-bond acceptors (Lipinski definition) is 7. The van der Waals surface area contributed by atoms with Crippen LogP contribution in [0.4, 0.5) is 19.3 Å². The standard InChI is InChI=1S/C33H37F2N6O7P/c1-4-14-39-21-31(42)40-29(15-22-10-12-25(13-11-22)48-49(45,46)47)32(43)38(19-24-16-26(34)27(35)17-28(24)37(2)3)20-30(40)41(39)33(44)36-18-23-8-6-5-7-9-23/h4-13,16-17,29-30H,1,14-15,18-21H2,2-3H3,(H,36,44)(H2,45,46,47)/t29-,30-/m0/s1. The summed E-state index contributed by atoms with van der Waals surface area (Å²) in [5, 5.41) is 5.84. The van der Waals surface area contributed by atoms with Crippen molar-refractivity contribution in [1.29, 1.82) is 0 Å². The van der Waals surface area contributed by atoms with Crippen LogP contribution >= 0.6 is 7.82 Å². The highest BCUT2D eigenvalue weighted by molar-refractivity contribution is 7.46. The van der Waals surface area contributed by atoms with E-state index in [1.807, 2.05) is 30.3 Å². The molecule has 2 aliphatic heterocycles. The second kappa shape index (κ2) is 14.7. The van der Waals surface area contributed by atoms with E-state index in [0.29, 0.717) is 16.8 Å². The predicted molar refractivity (Wildman–Crippen MR) is 176 cm³/mol. The van der Waals surface area contributed by atoms with E-state index >= 15 is 0 Å². The monoisotopic (exact) mass is 698 g/mol. The Balaban J connectivity index is 1.53. The van der Waals surface area contributed by atoms with Crippen LogP contribution in [0.3, 0.4) is 0 Å². The van der Waals surface area contributed by atoms with Crippen LogP contribution in [0.15, 0.2) is 79.4 Å². The van der Waals surface area contributed by atoms with Gasteiger partial charge in [0.05, 0.1) is 13.1 Å². The average Bonchev–Trinajstić information content (AvgIpc) is 3.04. The number of amides is 4. The summed E-state index contributed by atoms with van der Waals surface area (Å²) in [7, 11) is -1.50. The molecule has 5 rings (SSSR count). The van der Waals surface area contributed by atoms with Crippen LogP contribution in [0, 0.1) is 11.6 Å². The Kier molecular flexibility index (Phi) is 10.7. The van der Waals surface area contributed by atoms with E-state index in [-0.39, 0.29) is 44.9 Å². The predicted octanol–water partition coefficient (Wildman–Crippen LogP) is 3.24. The molecule has 49 heavy (non-hydrogen) atoms. The molecule has 2 atom stereocenters. The van der Waals surface area contributed by atoms with Crippen LogP contribution in [-0.4, -0.2) is 93.4 Å². The number of hydrazine groups is 1. The number of halogens is 2. The number of phosphoric ester groups is 1. The van der Waals surface area contributed by atoms with Crippen LogP contribution in [-0.2, 0) is 33.7 Å². The third kappa shape index (κ3) is 8.26. The summed E-state index contributed by atoms with van der Waals surface area (Å²) in [6.07, 6.45) is 0.521. The molecule has 2 fully saturated rings. The molecular formula is C33H37F2N6O7P. The number of anilines is 1. The molecule has 260 valence electrons. The van der Waals surface area contributed by atoms with Crippen molar-refractivity contribution in [3.8, 4) is 5.75 Å². The Hall–Kier alpha value is -4.82. The Morgan fingerprint density at radius 2 is 1.73 bits per heavy atom. The van der Waals surface area contributed by atoms with E-state index < -0.39 is 49.5 Å². The van der Waals surface area contributed by atoms with Crippen molar-refractivity contribution in [3.05, 3.63) is 108 Å². The molecule has 0 bridgehead atoms. The van der Waals surface area contributed by atoms with Crippen LogP contribution in [0.25, 0.3) is 0 Å². The summed E-state index contributed by atoms with van der Waals surface area (Å²) in [5.41, 5.74) is 2.03. The highest BCUT2D eigenvalue weighted by atomic mass is 31.2. The Morgan fingerprint density at radius 3 is 2.37 bits per heavy atom. The highest BCUT2D eigenvalue weighted by Gasteiger charge is 2.51. The number of carbonyl (C=O) groups is 3. The van der Waals surface area contributed by atoms with Crippen molar-refractivity contribution in [3.63, 3.8) is 0 Å². The molecule has 0 unspecified atom stereocenters. The third-order valence-corrected chi connectivity index (χ3v) is 8.65. The molecule has 4 amide bonds. The normalized spacial score (nSPS) is 18.3. The Morgan fingerprint density at radius 1 is 1.06 bits per heavy atom. The first-order chi connectivity index (χ1) is 23.3. The van der Waals surface area contributed by atoms with Crippen molar-refractivity contribution in [2.75, 3.05) is 38.6 Å². The lowest BCUT2D eigenvalue weighted by Gasteiger charge is -2.55. The van der Waals surface area contributed by atoms with Crippen molar-refractivity contribution in [1.82, 2.24) is 25.1 Å². The van der Waals surface area contributed by atoms with Gasteiger partial charge in [-0.2, -0.15) is 0 Å². The largest absolute Gasteiger partial charge is 0.524 e. The van der Waals surface area contributed by atoms with Gasteiger partial charge in [0.1, 0.15) is 18.0 Å². The van der Waals surface area contributed by atoms with Crippen LogP contribution < -0.4 is 14.7 Å². The maximum Gasteiger partial charge on any atom is 0.524 e. The number of carbonyl (C=O) groups excluding carboxylic acids is 3. The van der Waals surface area contributed by atoms with E-state index in [2.05, 4.69) is 16.4 Å². The maximum atomic E-state index is 14.5. The van der Waals surface area contributed by atoms with Crippen molar-refractivity contribution >= 4 is 31.4 Å². The average molecular weight is 699 g/mol. The topological polar surface area (TPSA) is 146 Å². The molecule has 2 heterocycles. The highest BCUT2D eigenvalue weighted by Crippen LogP contribution is 2.38. The van der Waals surface area contributed by atoms with Gasteiger partial charge in [0.25, 0.3) is 0 Å². The van der Waals surface area contributed by atoms with Gasteiger partial charge in [-0.1, -0.05) is 48.5 Å². The number of urea groups is 1. The summed E-state index contributed by atoms with van der Waals surface area (Å²) >= 11 is 0. The Labute approximate surface area is 282 Å². The SMILES string of the molecule is C=CCN1CC(=O)N2[C@@H](Cc3ccc(OP(=O)(O)O)cc3)C(=O)N(Cc3cc(F)c(F)cc3N(C)C)C[C@@H]2N1C(=O)NCc1ccccc1. The van der Waals surface area contributed by atoms with Crippen molar-refractivity contribution < 1.29 is 42.0 Å². The molecular weight excluding hydrogens is 661 g/mol. The van der Waals surface area contributed by atoms with Gasteiger partial charge in [-0.3, -0.25) is 19.4 Å². The number of fused-ring (bicyclic) bond motifs is 1. The summed E-state index contributed by atoms with van der Waals surface area (Å²) in [4.78, 5) is 64.8. The van der Waals surface area contributed by atoms with E-state index in [4.69, 9.17) is 9.79 Å². The van der Waals surface area contributed by atoms with Gasteiger partial charge in [0.15, 0.2) is 11.6 Å². The summed E-state index contributed by atoms with van der Waals surface area (Å²) in [6.45, 7) is 3.58. The van der Waals surface area contributed by atoms with Gasteiger partial charge in [-0.05, 0) is 34.9 Å². The summed E-state index contributed by atoms with van der Waals surface area (Å²) in [5.74, 6) is -3.15. The molecule has 0 saturated carbocycles. The number of phosphoric acid groups is 1. The Bertz CT molecular complexity index is 1760. The smallest absolute Gasteiger partial charge is 0.404 e. The first-order valence-corrected chi connectivity index (χ1v) is 16.8. The molecule has 0 aromatic heterocycles. The minimum Gasteiger partial charge on any atom is -0.404 e. The summed E-state index contributed by atoms with van der Waals surface area (Å²) < 4.78 is 44.7. The lowest BCUT2D eigenvalue weighted by molar-refractivity contribution is -0.189. The molecule has 16 heteroatoms. The van der Waals surface area contributed by atoms with Gasteiger partial charge in [-0.25, -0.2) is 28.2 Å². The first-order valence-electron chi connectivity index (χ1n) is 15.3. The zero-order valence-electron chi connectivity index (χ0n) is 26.9. The number of nitrogens with zero attached hydrogens (tertiary/aromatic N) is 5. The number of nitrogens with one attached hydrogen (secondary N) is 1. The molecule has 3 aromatic carbocycles. The fraction of sp³-hybridized carbons (Fsp3) is 0.303. The lowest BCUT2D eigenvalue weighted by Crippen LogP contribution is -2.76. The molecule has 3 N–H and O–H groups in total. The van der Waals surface area contributed by atoms with E-state index in [0.717, 1.165) is 17.7 Å². The molecule has 0 aliphatic carbocycles. The quantitative estimate of drug-likeness (QED) is 0.203. The fourth-order valence-electron chi connectivity index (χ4n) is 6.07. The van der Waals surface area contributed by atoms with Gasteiger partial charge in [-0.15, -0.1) is 6.58 Å². The number of hydrogen-bond donors (Lipinski definition) is 3. The van der Waals surface area contributed by atoms with Gasteiger partial charge < -0.3 is 24.5 Å². The lowest BCUT2D eigenvalue weighted by atomic mass is 9.98. The van der Waals surface area contributed by atoms with Crippen molar-refractivity contribution in [2.24, 2.45) is 0 Å².